The number of nitrogen functional groups attached to an aromatic ring is 1. The molecule has 0 fully saturated rings. The van der Waals surface area contributed by atoms with E-state index in [0.29, 0.717) is 30.3 Å². The van der Waals surface area contributed by atoms with Crippen molar-refractivity contribution in [3.63, 3.8) is 0 Å². The Kier molecular flexibility index (Phi) is 5.23. The Morgan fingerprint density at radius 2 is 2.13 bits per heavy atom. The number of carbonyl (C=O) groups excluding carboxylic acids is 1. The summed E-state index contributed by atoms with van der Waals surface area (Å²) in [5, 5.41) is 15.7. The largest absolute Gasteiger partial charge is 0.493 e. The highest BCUT2D eigenvalue weighted by atomic mass is 16.6. The van der Waals surface area contributed by atoms with Gasteiger partial charge in [-0.2, -0.15) is 5.11 Å². The standard InChI is InChI=1S/C14H18N6O3/c1-4-13-17-19-14(20(13)15)18-16-8-10-5-6-11(23-9(2)21)12(7-10)22-3/h5-7H,4,8,15H2,1-3H3. The molecule has 0 atom stereocenters. The van der Waals surface area contributed by atoms with Gasteiger partial charge < -0.3 is 15.3 Å². The molecule has 2 aromatic rings. The van der Waals surface area contributed by atoms with Gasteiger partial charge in [-0.25, -0.2) is 4.68 Å². The van der Waals surface area contributed by atoms with Crippen LogP contribution in [-0.2, 0) is 17.8 Å². The number of aryl methyl sites for hydroxylation is 1. The minimum atomic E-state index is -0.412. The number of benzene rings is 1. The van der Waals surface area contributed by atoms with Crippen molar-refractivity contribution in [2.75, 3.05) is 13.0 Å². The van der Waals surface area contributed by atoms with Crippen LogP contribution in [0.3, 0.4) is 0 Å². The first kappa shape index (κ1) is 16.4. The Hall–Kier alpha value is -2.97. The molecule has 2 N–H and O–H groups in total. The molecule has 2 rings (SSSR count). The number of rotatable bonds is 6. The summed E-state index contributed by atoms with van der Waals surface area (Å²) >= 11 is 0. The fourth-order valence-corrected chi connectivity index (χ4v) is 1.85. The quantitative estimate of drug-likeness (QED) is 0.375. The Labute approximate surface area is 133 Å². The number of nitrogens with two attached hydrogens (primary N) is 1. The number of methoxy groups -OCH3 is 1. The van der Waals surface area contributed by atoms with Crippen LogP contribution < -0.4 is 15.3 Å². The molecule has 0 aliphatic carbocycles. The van der Waals surface area contributed by atoms with Gasteiger partial charge in [-0.1, -0.05) is 13.0 Å². The monoisotopic (exact) mass is 318 g/mol. The van der Waals surface area contributed by atoms with Gasteiger partial charge in [0.2, 0.25) is 0 Å². The van der Waals surface area contributed by atoms with Crippen LogP contribution in [0.2, 0.25) is 0 Å². The van der Waals surface area contributed by atoms with Crippen molar-refractivity contribution in [1.82, 2.24) is 14.9 Å². The summed E-state index contributed by atoms with van der Waals surface area (Å²) in [6.07, 6.45) is 0.661. The van der Waals surface area contributed by atoms with Gasteiger partial charge in [0.1, 0.15) is 0 Å². The maximum Gasteiger partial charge on any atom is 0.308 e. The molecule has 9 nitrogen and oxygen atoms in total. The topological polar surface area (TPSA) is 117 Å². The number of carbonyl (C=O) groups is 1. The normalized spacial score (nSPS) is 10.9. The summed E-state index contributed by atoms with van der Waals surface area (Å²) in [6, 6.07) is 5.14. The molecule has 9 heteroatoms. The van der Waals surface area contributed by atoms with E-state index in [9.17, 15) is 4.79 Å². The average molecular weight is 318 g/mol. The zero-order chi connectivity index (χ0) is 16.8. The highest BCUT2D eigenvalue weighted by Gasteiger charge is 2.09. The highest BCUT2D eigenvalue weighted by Crippen LogP contribution is 2.28. The molecular formula is C14H18N6O3. The molecule has 1 heterocycles. The molecule has 0 saturated carbocycles. The maximum absolute atomic E-state index is 11.0. The van der Waals surface area contributed by atoms with Crippen LogP contribution in [0.15, 0.2) is 28.4 Å². The zero-order valence-electron chi connectivity index (χ0n) is 13.2. The Morgan fingerprint density at radius 1 is 1.35 bits per heavy atom. The van der Waals surface area contributed by atoms with Gasteiger partial charge in [0, 0.05) is 13.3 Å². The highest BCUT2D eigenvalue weighted by molar-refractivity contribution is 5.70. The van der Waals surface area contributed by atoms with E-state index >= 15 is 0 Å². The lowest BCUT2D eigenvalue weighted by molar-refractivity contribution is -0.132. The number of ether oxygens (including phenoxy) is 2. The van der Waals surface area contributed by atoms with Gasteiger partial charge in [-0.3, -0.25) is 4.79 Å². The van der Waals surface area contributed by atoms with Crippen molar-refractivity contribution >= 4 is 11.9 Å². The first-order valence-corrected chi connectivity index (χ1v) is 6.97. The van der Waals surface area contributed by atoms with E-state index in [1.165, 1.54) is 18.7 Å². The average Bonchev–Trinajstić information content (AvgIpc) is 2.88. The summed E-state index contributed by atoms with van der Waals surface area (Å²) in [4.78, 5) is 11.0. The number of azo groups is 1. The minimum absolute atomic E-state index is 0.241. The summed E-state index contributed by atoms with van der Waals surface area (Å²) in [5.41, 5.74) is 0.834. The molecule has 1 aromatic heterocycles. The summed E-state index contributed by atoms with van der Waals surface area (Å²) < 4.78 is 11.5. The number of hydrogen-bond donors (Lipinski definition) is 1. The molecule has 0 radical (unpaired) electrons. The predicted octanol–water partition coefficient (Wildman–Crippen LogP) is 1.77. The first-order chi connectivity index (χ1) is 11.0. The van der Waals surface area contributed by atoms with Crippen LogP contribution in [-0.4, -0.2) is 28.0 Å². The van der Waals surface area contributed by atoms with Gasteiger partial charge in [0.25, 0.3) is 5.95 Å². The number of hydrogen-bond acceptors (Lipinski definition) is 8. The molecular weight excluding hydrogens is 300 g/mol. The second kappa shape index (κ2) is 7.34. The Balaban J connectivity index is 2.09. The van der Waals surface area contributed by atoms with Crippen LogP contribution in [0.25, 0.3) is 0 Å². The van der Waals surface area contributed by atoms with Crippen LogP contribution in [0.1, 0.15) is 25.2 Å². The molecule has 0 spiro atoms. The first-order valence-electron chi connectivity index (χ1n) is 6.97. The van der Waals surface area contributed by atoms with Gasteiger partial charge in [0.05, 0.1) is 13.7 Å². The number of aromatic nitrogens is 3. The molecule has 23 heavy (non-hydrogen) atoms. The van der Waals surface area contributed by atoms with E-state index in [0.717, 1.165) is 5.56 Å². The molecule has 1 aromatic carbocycles. The van der Waals surface area contributed by atoms with E-state index < -0.39 is 5.97 Å². The minimum Gasteiger partial charge on any atom is -0.493 e. The van der Waals surface area contributed by atoms with E-state index in [1.807, 2.05) is 6.92 Å². The summed E-state index contributed by atoms with van der Waals surface area (Å²) in [6.45, 7) is 3.55. The van der Waals surface area contributed by atoms with Crippen LogP contribution in [0, 0.1) is 0 Å². The molecule has 0 amide bonds. The summed E-state index contributed by atoms with van der Waals surface area (Å²) in [5.74, 6) is 7.04. The predicted molar refractivity (Wildman–Crippen MR) is 82.1 cm³/mol. The van der Waals surface area contributed by atoms with E-state index in [1.54, 1.807) is 18.2 Å². The van der Waals surface area contributed by atoms with E-state index in [-0.39, 0.29) is 5.95 Å². The second-order valence-corrected chi connectivity index (χ2v) is 4.62. The van der Waals surface area contributed by atoms with Crippen LogP contribution in [0.4, 0.5) is 5.95 Å². The Morgan fingerprint density at radius 3 is 2.74 bits per heavy atom. The van der Waals surface area contributed by atoms with Gasteiger partial charge in [-0.15, -0.1) is 15.3 Å². The molecule has 0 aliphatic heterocycles. The lowest BCUT2D eigenvalue weighted by atomic mass is 10.2. The lowest BCUT2D eigenvalue weighted by Crippen LogP contribution is -2.11. The molecule has 0 unspecified atom stereocenters. The SMILES string of the molecule is CCc1nnc(N=NCc2ccc(OC(C)=O)c(OC)c2)n1N. The van der Waals surface area contributed by atoms with Crippen molar-refractivity contribution in [2.45, 2.75) is 26.8 Å². The Bertz CT molecular complexity index is 725. The lowest BCUT2D eigenvalue weighted by Gasteiger charge is -2.08. The smallest absolute Gasteiger partial charge is 0.308 e. The third kappa shape index (κ3) is 4.02. The van der Waals surface area contributed by atoms with Crippen molar-refractivity contribution in [1.29, 1.82) is 0 Å². The van der Waals surface area contributed by atoms with Gasteiger partial charge in [0.15, 0.2) is 17.3 Å². The molecule has 0 bridgehead atoms. The number of nitrogens with zero attached hydrogens (tertiary/aromatic N) is 5. The zero-order valence-corrected chi connectivity index (χ0v) is 13.2. The summed E-state index contributed by atoms with van der Waals surface area (Å²) in [7, 11) is 1.50. The van der Waals surface area contributed by atoms with E-state index in [2.05, 4.69) is 20.4 Å². The molecule has 122 valence electrons. The number of esters is 1. The second-order valence-electron chi connectivity index (χ2n) is 4.62. The molecule has 0 aliphatic rings. The fourth-order valence-electron chi connectivity index (χ4n) is 1.85. The van der Waals surface area contributed by atoms with Crippen molar-refractivity contribution < 1.29 is 14.3 Å². The van der Waals surface area contributed by atoms with Crippen molar-refractivity contribution in [2.24, 2.45) is 10.2 Å². The third-order valence-electron chi connectivity index (χ3n) is 2.96. The maximum atomic E-state index is 11.0. The van der Waals surface area contributed by atoms with E-state index in [4.69, 9.17) is 15.3 Å². The fraction of sp³-hybridized carbons (Fsp3) is 0.357. The van der Waals surface area contributed by atoms with Crippen LogP contribution >= 0.6 is 0 Å². The molecule has 0 saturated heterocycles. The van der Waals surface area contributed by atoms with Gasteiger partial charge >= 0.3 is 5.97 Å². The third-order valence-corrected chi connectivity index (χ3v) is 2.96. The van der Waals surface area contributed by atoms with Crippen molar-refractivity contribution in [3.8, 4) is 11.5 Å². The van der Waals surface area contributed by atoms with Crippen molar-refractivity contribution in [3.05, 3.63) is 29.6 Å². The van der Waals surface area contributed by atoms with Gasteiger partial charge in [-0.05, 0) is 17.7 Å². The van der Waals surface area contributed by atoms with Crippen LogP contribution in [0.5, 0.6) is 11.5 Å².